The third-order valence-electron chi connectivity index (χ3n) is 2.20. The number of hydrogen-bond acceptors (Lipinski definition) is 4. The number of nitrogen functional groups attached to an aromatic ring is 1. The molecule has 6 heteroatoms. The molecule has 0 fully saturated rings. The Balaban J connectivity index is 2.39. The van der Waals surface area contributed by atoms with Crippen LogP contribution in [0.15, 0.2) is 16.7 Å². The minimum atomic E-state index is -0.331. The molecule has 0 aliphatic rings. The molecule has 0 aliphatic carbocycles. The Morgan fingerprint density at radius 3 is 3.06 bits per heavy atom. The number of nitrogens with two attached hydrogens (primary N) is 1. The monoisotopic (exact) mass is 283 g/mol. The Bertz CT molecular complexity index is 550. The number of hydrogen-bond donors (Lipinski definition) is 2. The first-order chi connectivity index (χ1) is 7.58. The van der Waals surface area contributed by atoms with Crippen LogP contribution in [0.4, 0.5) is 5.69 Å². The highest BCUT2D eigenvalue weighted by molar-refractivity contribution is 9.10. The van der Waals surface area contributed by atoms with Crippen molar-refractivity contribution >= 4 is 38.5 Å². The van der Waals surface area contributed by atoms with Gasteiger partial charge < -0.3 is 10.5 Å². The van der Waals surface area contributed by atoms with Gasteiger partial charge in [0.05, 0.1) is 5.52 Å². The zero-order chi connectivity index (χ0) is 11.7. The molecule has 1 aromatic carbocycles. The highest BCUT2D eigenvalue weighted by atomic mass is 79.9. The standard InChI is InChI=1S/C10H10BrN3O2/c1-5(15)16-4-6-2-9-7(3-8(6)12)10(11)14-13-9/h2-3H,4,12H2,1H3,(H,13,14). The largest absolute Gasteiger partial charge is 0.461 e. The van der Waals surface area contributed by atoms with E-state index in [-0.39, 0.29) is 12.6 Å². The summed E-state index contributed by atoms with van der Waals surface area (Å²) in [5.41, 5.74) is 7.96. The maximum atomic E-state index is 10.7. The lowest BCUT2D eigenvalue weighted by Gasteiger charge is -2.05. The molecule has 2 aromatic rings. The fourth-order valence-corrected chi connectivity index (χ4v) is 1.80. The predicted molar refractivity (Wildman–Crippen MR) is 63.7 cm³/mol. The number of esters is 1. The molecular weight excluding hydrogens is 274 g/mol. The van der Waals surface area contributed by atoms with Gasteiger partial charge in [0.25, 0.3) is 0 Å². The number of rotatable bonds is 2. The van der Waals surface area contributed by atoms with Crippen LogP contribution >= 0.6 is 15.9 Å². The average Bonchev–Trinajstić information content (AvgIpc) is 2.57. The summed E-state index contributed by atoms with van der Waals surface area (Å²) in [6.07, 6.45) is 0. The molecule has 0 atom stereocenters. The Kier molecular flexibility index (Phi) is 2.82. The molecule has 16 heavy (non-hydrogen) atoms. The molecule has 0 radical (unpaired) electrons. The van der Waals surface area contributed by atoms with Crippen molar-refractivity contribution < 1.29 is 9.53 Å². The van der Waals surface area contributed by atoms with Gasteiger partial charge in [-0.15, -0.1) is 0 Å². The van der Waals surface area contributed by atoms with Crippen molar-refractivity contribution in [2.24, 2.45) is 0 Å². The first kappa shape index (κ1) is 10.9. The summed E-state index contributed by atoms with van der Waals surface area (Å²) in [5, 5.41) is 7.79. The van der Waals surface area contributed by atoms with Gasteiger partial charge in [0, 0.05) is 23.6 Å². The minimum absolute atomic E-state index is 0.168. The zero-order valence-corrected chi connectivity index (χ0v) is 10.2. The van der Waals surface area contributed by atoms with E-state index in [9.17, 15) is 4.79 Å². The number of halogens is 1. The van der Waals surface area contributed by atoms with Crippen LogP contribution in [0.5, 0.6) is 0 Å². The Hall–Kier alpha value is -1.56. The quantitative estimate of drug-likeness (QED) is 0.652. The molecule has 84 valence electrons. The van der Waals surface area contributed by atoms with Gasteiger partial charge in [-0.1, -0.05) is 0 Å². The van der Waals surface area contributed by atoms with Gasteiger partial charge in [-0.05, 0) is 28.1 Å². The van der Waals surface area contributed by atoms with Crippen LogP contribution in [-0.4, -0.2) is 16.2 Å². The number of ether oxygens (including phenoxy) is 1. The third-order valence-corrected chi connectivity index (χ3v) is 2.80. The maximum absolute atomic E-state index is 10.7. The highest BCUT2D eigenvalue weighted by Gasteiger charge is 2.08. The lowest BCUT2D eigenvalue weighted by molar-refractivity contribution is -0.142. The second-order valence-corrected chi connectivity index (χ2v) is 4.18. The van der Waals surface area contributed by atoms with E-state index in [1.54, 1.807) is 12.1 Å². The Labute approximate surface area is 100 Å². The van der Waals surface area contributed by atoms with Crippen molar-refractivity contribution in [2.75, 3.05) is 5.73 Å². The summed E-state index contributed by atoms with van der Waals surface area (Å²) >= 11 is 3.33. The average molecular weight is 284 g/mol. The molecule has 1 heterocycles. The normalized spacial score (nSPS) is 10.6. The molecule has 2 rings (SSSR count). The van der Waals surface area contributed by atoms with Crippen LogP contribution in [0.1, 0.15) is 12.5 Å². The van der Waals surface area contributed by atoms with Gasteiger partial charge in [-0.25, -0.2) is 0 Å². The Morgan fingerprint density at radius 1 is 1.62 bits per heavy atom. The van der Waals surface area contributed by atoms with E-state index in [0.29, 0.717) is 5.69 Å². The number of aromatic nitrogens is 2. The van der Waals surface area contributed by atoms with Crippen LogP contribution in [0.25, 0.3) is 10.9 Å². The number of aromatic amines is 1. The zero-order valence-electron chi connectivity index (χ0n) is 8.58. The van der Waals surface area contributed by atoms with Crippen molar-refractivity contribution in [3.8, 4) is 0 Å². The fraction of sp³-hybridized carbons (Fsp3) is 0.200. The van der Waals surface area contributed by atoms with Crippen molar-refractivity contribution in [2.45, 2.75) is 13.5 Å². The van der Waals surface area contributed by atoms with E-state index in [0.717, 1.165) is 21.1 Å². The minimum Gasteiger partial charge on any atom is -0.461 e. The maximum Gasteiger partial charge on any atom is 0.302 e. The second kappa shape index (κ2) is 4.13. The lowest BCUT2D eigenvalue weighted by atomic mass is 10.1. The molecule has 1 aromatic heterocycles. The number of benzene rings is 1. The molecule has 0 saturated heterocycles. The van der Waals surface area contributed by atoms with Crippen LogP contribution in [0.3, 0.4) is 0 Å². The van der Waals surface area contributed by atoms with Gasteiger partial charge in [0.15, 0.2) is 0 Å². The third kappa shape index (κ3) is 2.01. The lowest BCUT2D eigenvalue weighted by Crippen LogP contribution is -2.01. The van der Waals surface area contributed by atoms with E-state index < -0.39 is 0 Å². The number of anilines is 1. The number of nitrogens with one attached hydrogen (secondary N) is 1. The number of carbonyl (C=O) groups excluding carboxylic acids is 1. The Morgan fingerprint density at radius 2 is 2.38 bits per heavy atom. The van der Waals surface area contributed by atoms with Crippen molar-refractivity contribution in [1.82, 2.24) is 10.2 Å². The van der Waals surface area contributed by atoms with Crippen LogP contribution in [0.2, 0.25) is 0 Å². The molecule has 3 N–H and O–H groups in total. The molecule has 0 amide bonds. The number of fused-ring (bicyclic) bond motifs is 1. The van der Waals surface area contributed by atoms with E-state index in [1.165, 1.54) is 6.92 Å². The molecule has 0 unspecified atom stereocenters. The van der Waals surface area contributed by atoms with Crippen molar-refractivity contribution in [3.05, 3.63) is 22.3 Å². The van der Waals surface area contributed by atoms with E-state index >= 15 is 0 Å². The van der Waals surface area contributed by atoms with Crippen LogP contribution in [0, 0.1) is 0 Å². The van der Waals surface area contributed by atoms with E-state index in [2.05, 4.69) is 26.1 Å². The van der Waals surface area contributed by atoms with Crippen molar-refractivity contribution in [1.29, 1.82) is 0 Å². The summed E-state index contributed by atoms with van der Waals surface area (Å²) in [4.78, 5) is 10.7. The SMILES string of the molecule is CC(=O)OCc1cc2n[nH]c(Br)c2cc1N. The predicted octanol–water partition coefficient (Wildman–Crippen LogP) is 1.97. The summed E-state index contributed by atoms with van der Waals surface area (Å²) < 4.78 is 5.68. The van der Waals surface area contributed by atoms with Gasteiger partial charge in [0.2, 0.25) is 0 Å². The smallest absolute Gasteiger partial charge is 0.302 e. The summed E-state index contributed by atoms with van der Waals surface area (Å²) in [7, 11) is 0. The summed E-state index contributed by atoms with van der Waals surface area (Å²) in [6.45, 7) is 1.53. The second-order valence-electron chi connectivity index (χ2n) is 3.39. The first-order valence-corrected chi connectivity index (χ1v) is 5.42. The molecule has 0 saturated carbocycles. The molecule has 0 bridgehead atoms. The number of carbonyl (C=O) groups is 1. The van der Waals surface area contributed by atoms with E-state index in [1.807, 2.05) is 0 Å². The topological polar surface area (TPSA) is 81.0 Å². The first-order valence-electron chi connectivity index (χ1n) is 4.63. The molecular formula is C10H10BrN3O2. The van der Waals surface area contributed by atoms with Crippen LogP contribution < -0.4 is 5.73 Å². The van der Waals surface area contributed by atoms with E-state index in [4.69, 9.17) is 10.5 Å². The number of nitrogens with zero attached hydrogens (tertiary/aromatic N) is 1. The fourth-order valence-electron chi connectivity index (χ4n) is 1.39. The summed E-state index contributed by atoms with van der Waals surface area (Å²) in [5.74, 6) is -0.331. The van der Waals surface area contributed by atoms with Gasteiger partial charge in [-0.3, -0.25) is 9.89 Å². The van der Waals surface area contributed by atoms with Gasteiger partial charge in [0.1, 0.15) is 11.2 Å². The van der Waals surface area contributed by atoms with Gasteiger partial charge in [-0.2, -0.15) is 5.10 Å². The molecule has 5 nitrogen and oxygen atoms in total. The summed E-state index contributed by atoms with van der Waals surface area (Å²) in [6, 6.07) is 3.59. The number of H-pyrrole nitrogens is 1. The van der Waals surface area contributed by atoms with Crippen LogP contribution in [-0.2, 0) is 16.1 Å². The molecule has 0 spiro atoms. The van der Waals surface area contributed by atoms with Gasteiger partial charge >= 0.3 is 5.97 Å². The highest BCUT2D eigenvalue weighted by Crippen LogP contribution is 2.26. The molecule has 0 aliphatic heterocycles. The van der Waals surface area contributed by atoms with Crippen molar-refractivity contribution in [3.63, 3.8) is 0 Å².